The van der Waals surface area contributed by atoms with Gasteiger partial charge >= 0.3 is 0 Å². The molecule has 1 fully saturated rings. The molecule has 2 aromatic rings. The molecule has 0 spiro atoms. The summed E-state index contributed by atoms with van der Waals surface area (Å²) >= 11 is 5.85. The number of amides is 1. The van der Waals surface area contributed by atoms with Gasteiger partial charge in [0.1, 0.15) is 0 Å². The molecule has 1 aliphatic heterocycles. The van der Waals surface area contributed by atoms with Gasteiger partial charge in [-0.15, -0.1) is 0 Å². The Bertz CT molecular complexity index is 882. The zero-order valence-corrected chi connectivity index (χ0v) is 15.8. The number of hydrogen-bond donors (Lipinski definition) is 1. The van der Waals surface area contributed by atoms with E-state index >= 15 is 0 Å². The highest BCUT2D eigenvalue weighted by molar-refractivity contribution is 7.88. The van der Waals surface area contributed by atoms with E-state index in [4.69, 9.17) is 16.1 Å². The van der Waals surface area contributed by atoms with Crippen LogP contribution in [0.4, 0.5) is 0 Å². The number of rotatable bonds is 5. The van der Waals surface area contributed by atoms with Crippen molar-refractivity contribution >= 4 is 27.5 Å². The second-order valence-electron chi connectivity index (χ2n) is 6.20. The maximum Gasteiger partial charge on any atom is 0.246 e. The molecule has 1 atom stereocenters. The van der Waals surface area contributed by atoms with Crippen molar-refractivity contribution in [1.29, 1.82) is 0 Å². The van der Waals surface area contributed by atoms with E-state index in [0.29, 0.717) is 30.2 Å². The minimum absolute atomic E-state index is 0.0921. The summed E-state index contributed by atoms with van der Waals surface area (Å²) in [5.74, 6) is 0.0904. The van der Waals surface area contributed by atoms with E-state index in [1.54, 1.807) is 24.3 Å². The number of nitrogens with one attached hydrogen (secondary N) is 1. The van der Waals surface area contributed by atoms with Gasteiger partial charge in [0.25, 0.3) is 0 Å². The van der Waals surface area contributed by atoms with E-state index in [1.165, 1.54) is 4.31 Å². The first-order chi connectivity index (χ1) is 12.3. The van der Waals surface area contributed by atoms with Gasteiger partial charge in [0.05, 0.1) is 18.7 Å². The van der Waals surface area contributed by atoms with E-state index < -0.39 is 10.0 Å². The maximum atomic E-state index is 12.3. The van der Waals surface area contributed by atoms with Crippen molar-refractivity contribution in [1.82, 2.24) is 19.8 Å². The van der Waals surface area contributed by atoms with Gasteiger partial charge in [-0.05, 0) is 37.1 Å². The van der Waals surface area contributed by atoms with Crippen LogP contribution in [-0.2, 0) is 21.4 Å². The maximum absolute atomic E-state index is 12.3. The molecule has 1 aromatic carbocycles. The van der Waals surface area contributed by atoms with E-state index in [9.17, 15) is 13.2 Å². The summed E-state index contributed by atoms with van der Waals surface area (Å²) in [5.41, 5.74) is 0.756. The minimum Gasteiger partial charge on any atom is -0.347 e. The molecule has 0 unspecified atom stereocenters. The molecule has 8 nitrogen and oxygen atoms in total. The van der Waals surface area contributed by atoms with Gasteiger partial charge in [0.15, 0.2) is 0 Å². The number of aromatic nitrogens is 2. The minimum atomic E-state index is -3.29. The normalized spacial score (nSPS) is 18.6. The summed E-state index contributed by atoms with van der Waals surface area (Å²) in [6, 6.07) is 7.01. The van der Waals surface area contributed by atoms with Crippen LogP contribution in [0.25, 0.3) is 11.4 Å². The van der Waals surface area contributed by atoms with Gasteiger partial charge < -0.3 is 9.84 Å². The summed E-state index contributed by atoms with van der Waals surface area (Å²) in [6.45, 7) is 0.746. The van der Waals surface area contributed by atoms with Gasteiger partial charge in [0.2, 0.25) is 27.6 Å². The average Bonchev–Trinajstić information content (AvgIpc) is 3.08. The molecule has 1 N–H and O–H groups in total. The first-order valence-corrected chi connectivity index (χ1v) is 10.4. The largest absolute Gasteiger partial charge is 0.347 e. The van der Waals surface area contributed by atoms with Gasteiger partial charge in [-0.25, -0.2) is 12.7 Å². The van der Waals surface area contributed by atoms with E-state index in [0.717, 1.165) is 11.8 Å². The third-order valence-corrected chi connectivity index (χ3v) is 5.73. The Labute approximate surface area is 156 Å². The van der Waals surface area contributed by atoms with Gasteiger partial charge in [-0.3, -0.25) is 4.79 Å². The predicted octanol–water partition coefficient (Wildman–Crippen LogP) is 1.68. The molecule has 1 amide bonds. The highest BCUT2D eigenvalue weighted by Crippen LogP contribution is 2.20. The monoisotopic (exact) mass is 398 g/mol. The Morgan fingerprint density at radius 2 is 2.12 bits per heavy atom. The number of hydrogen-bond acceptors (Lipinski definition) is 6. The SMILES string of the molecule is CS(=O)(=O)N1CCC[C@H](C(=O)NCc2nc(-c3ccc(Cl)cc3)no2)C1. The Morgan fingerprint density at radius 1 is 1.38 bits per heavy atom. The second-order valence-corrected chi connectivity index (χ2v) is 8.62. The van der Waals surface area contributed by atoms with Crippen molar-refractivity contribution in [2.24, 2.45) is 5.92 Å². The number of halogens is 1. The summed E-state index contributed by atoms with van der Waals surface area (Å²) in [4.78, 5) is 16.6. The van der Waals surface area contributed by atoms with Crippen LogP contribution in [0.1, 0.15) is 18.7 Å². The van der Waals surface area contributed by atoms with E-state index in [1.807, 2.05) is 0 Å². The summed E-state index contributed by atoms with van der Waals surface area (Å²) in [7, 11) is -3.29. The first-order valence-electron chi connectivity index (χ1n) is 8.14. The van der Waals surface area contributed by atoms with Crippen molar-refractivity contribution in [2.45, 2.75) is 19.4 Å². The third kappa shape index (κ3) is 4.60. The Hall–Kier alpha value is -1.97. The number of carbonyl (C=O) groups is 1. The molecule has 0 radical (unpaired) electrons. The Kier molecular flexibility index (Phi) is 5.59. The molecule has 2 heterocycles. The lowest BCUT2D eigenvalue weighted by molar-refractivity contribution is -0.126. The molecule has 26 heavy (non-hydrogen) atoms. The quantitative estimate of drug-likeness (QED) is 0.821. The lowest BCUT2D eigenvalue weighted by atomic mass is 9.99. The van der Waals surface area contributed by atoms with Crippen LogP contribution in [0, 0.1) is 5.92 Å². The molecule has 1 aliphatic rings. The van der Waals surface area contributed by atoms with Crippen LogP contribution >= 0.6 is 11.6 Å². The van der Waals surface area contributed by atoms with Crippen molar-refractivity contribution in [3.63, 3.8) is 0 Å². The molecular formula is C16H19ClN4O4S. The Balaban J connectivity index is 1.57. The molecule has 1 saturated heterocycles. The van der Waals surface area contributed by atoms with Crippen molar-refractivity contribution in [2.75, 3.05) is 19.3 Å². The average molecular weight is 399 g/mol. The molecular weight excluding hydrogens is 380 g/mol. The number of nitrogens with zero attached hydrogens (tertiary/aromatic N) is 3. The van der Waals surface area contributed by atoms with Crippen molar-refractivity contribution in [3.05, 3.63) is 35.2 Å². The lowest BCUT2D eigenvalue weighted by Gasteiger charge is -2.29. The summed E-state index contributed by atoms with van der Waals surface area (Å²) in [5, 5.41) is 7.23. The topological polar surface area (TPSA) is 105 Å². The van der Waals surface area contributed by atoms with Gasteiger partial charge in [-0.1, -0.05) is 16.8 Å². The van der Waals surface area contributed by atoms with Crippen LogP contribution in [0.5, 0.6) is 0 Å². The van der Waals surface area contributed by atoms with Crippen LogP contribution < -0.4 is 5.32 Å². The number of piperidine rings is 1. The lowest BCUT2D eigenvalue weighted by Crippen LogP contribution is -2.44. The highest BCUT2D eigenvalue weighted by Gasteiger charge is 2.30. The summed E-state index contributed by atoms with van der Waals surface area (Å²) < 4.78 is 29.8. The second kappa shape index (κ2) is 7.73. The molecule has 140 valence electrons. The number of carbonyl (C=O) groups excluding carboxylic acids is 1. The number of benzene rings is 1. The molecule has 0 bridgehead atoms. The van der Waals surface area contributed by atoms with E-state index in [2.05, 4.69) is 15.5 Å². The Morgan fingerprint density at radius 3 is 2.81 bits per heavy atom. The smallest absolute Gasteiger partial charge is 0.246 e. The summed E-state index contributed by atoms with van der Waals surface area (Å²) in [6.07, 6.45) is 2.47. The van der Waals surface area contributed by atoms with Gasteiger partial charge in [-0.2, -0.15) is 4.98 Å². The zero-order valence-electron chi connectivity index (χ0n) is 14.2. The molecule has 0 aliphatic carbocycles. The van der Waals surface area contributed by atoms with Crippen LogP contribution in [0.2, 0.25) is 5.02 Å². The fourth-order valence-electron chi connectivity index (χ4n) is 2.81. The fraction of sp³-hybridized carbons (Fsp3) is 0.438. The molecule has 0 saturated carbocycles. The molecule has 10 heteroatoms. The van der Waals surface area contributed by atoms with Crippen molar-refractivity contribution in [3.8, 4) is 11.4 Å². The van der Waals surface area contributed by atoms with E-state index in [-0.39, 0.29) is 30.8 Å². The van der Waals surface area contributed by atoms with Crippen LogP contribution in [-0.4, -0.2) is 48.1 Å². The third-order valence-electron chi connectivity index (χ3n) is 4.21. The molecule has 1 aromatic heterocycles. The van der Waals surface area contributed by atoms with Crippen LogP contribution in [0.15, 0.2) is 28.8 Å². The van der Waals surface area contributed by atoms with Crippen LogP contribution in [0.3, 0.4) is 0 Å². The standard InChI is InChI=1S/C16H19ClN4O4S/c1-26(23,24)21-8-2-3-12(10-21)16(22)18-9-14-19-15(20-25-14)11-4-6-13(17)7-5-11/h4-7,12H,2-3,8-10H2,1H3,(H,18,22)/t12-/m0/s1. The number of sulfonamides is 1. The first kappa shape index (κ1) is 18.8. The molecule has 3 rings (SSSR count). The zero-order chi connectivity index (χ0) is 18.7. The fourth-order valence-corrected chi connectivity index (χ4v) is 3.85. The van der Waals surface area contributed by atoms with Crippen molar-refractivity contribution < 1.29 is 17.7 Å². The van der Waals surface area contributed by atoms with Gasteiger partial charge in [0, 0.05) is 23.7 Å². The highest BCUT2D eigenvalue weighted by atomic mass is 35.5. The predicted molar refractivity (Wildman–Crippen MR) is 95.7 cm³/mol.